The van der Waals surface area contributed by atoms with E-state index < -0.39 is 11.7 Å². The molecule has 168 valence electrons. The Morgan fingerprint density at radius 3 is 2.26 bits per heavy atom. The average molecular weight is 433 g/mol. The minimum absolute atomic E-state index is 0.186. The molecule has 0 N–H and O–H groups in total. The van der Waals surface area contributed by atoms with Crippen LogP contribution < -0.4 is 4.74 Å². The zero-order chi connectivity index (χ0) is 22.5. The summed E-state index contributed by atoms with van der Waals surface area (Å²) in [5, 5.41) is 0. The fourth-order valence-corrected chi connectivity index (χ4v) is 3.36. The zero-order valence-electron chi connectivity index (χ0n) is 18.1. The summed E-state index contributed by atoms with van der Waals surface area (Å²) >= 11 is 0. The molecule has 0 radical (unpaired) electrons. The number of hydrogen-bond donors (Lipinski definition) is 0. The van der Waals surface area contributed by atoms with E-state index in [4.69, 9.17) is 4.74 Å². The van der Waals surface area contributed by atoms with Crippen molar-refractivity contribution in [2.75, 3.05) is 6.61 Å². The van der Waals surface area contributed by atoms with Crippen molar-refractivity contribution in [3.8, 4) is 5.75 Å². The molecule has 0 bridgehead atoms. The van der Waals surface area contributed by atoms with Crippen LogP contribution in [0.15, 0.2) is 48.5 Å². The normalized spacial score (nSPS) is 12.1. The Morgan fingerprint density at radius 2 is 1.58 bits per heavy atom. The molecule has 0 unspecified atom stereocenters. The van der Waals surface area contributed by atoms with Crippen molar-refractivity contribution in [2.24, 2.45) is 0 Å². The van der Waals surface area contributed by atoms with E-state index in [1.165, 1.54) is 50.7 Å². The predicted molar refractivity (Wildman–Crippen MR) is 120 cm³/mol. The van der Waals surface area contributed by atoms with E-state index in [-0.39, 0.29) is 11.1 Å². The lowest BCUT2D eigenvalue weighted by Gasteiger charge is -2.09. The summed E-state index contributed by atoms with van der Waals surface area (Å²) in [5.74, 6) is 0.686. The van der Waals surface area contributed by atoms with E-state index in [2.05, 4.69) is 6.92 Å². The number of hydrogen-bond acceptors (Lipinski definition) is 2. The summed E-state index contributed by atoms with van der Waals surface area (Å²) in [7, 11) is 0. The molecule has 2 aromatic rings. The van der Waals surface area contributed by atoms with Crippen molar-refractivity contribution in [3.63, 3.8) is 0 Å². The molecule has 0 heterocycles. The number of unbranched alkanes of at least 4 members (excludes halogenated alkanes) is 7. The standard InChI is InChI=1S/C26H31F3O2/c1-2-3-4-5-6-7-8-9-16-31-25-15-10-12-21(18-25)17-23(20-30)22-13-11-14-24(19-22)26(27,28)29/h10-15,17-20H,2-9,16H2,1H3. The lowest BCUT2D eigenvalue weighted by Crippen LogP contribution is -2.05. The monoisotopic (exact) mass is 432 g/mol. The Balaban J connectivity index is 1.92. The third kappa shape index (κ3) is 8.99. The summed E-state index contributed by atoms with van der Waals surface area (Å²) in [6, 6.07) is 12.0. The fraction of sp³-hybridized carbons (Fsp3) is 0.423. The smallest absolute Gasteiger partial charge is 0.416 e. The second kappa shape index (κ2) is 13.0. The van der Waals surface area contributed by atoms with E-state index >= 15 is 0 Å². The van der Waals surface area contributed by atoms with Crippen LogP contribution in [-0.2, 0) is 11.0 Å². The molecule has 31 heavy (non-hydrogen) atoms. The highest BCUT2D eigenvalue weighted by Crippen LogP contribution is 2.31. The molecule has 0 fully saturated rings. The highest BCUT2D eigenvalue weighted by molar-refractivity contribution is 6.13. The number of aldehydes is 1. The van der Waals surface area contributed by atoms with Gasteiger partial charge in [-0.2, -0.15) is 13.2 Å². The van der Waals surface area contributed by atoms with Crippen LogP contribution in [0.4, 0.5) is 13.2 Å². The van der Waals surface area contributed by atoms with Crippen LogP contribution >= 0.6 is 0 Å². The predicted octanol–water partition coefficient (Wildman–Crippen LogP) is 7.96. The first kappa shape index (κ1) is 24.7. The van der Waals surface area contributed by atoms with Gasteiger partial charge in [0, 0.05) is 5.57 Å². The summed E-state index contributed by atoms with van der Waals surface area (Å²) in [6.45, 7) is 2.84. The van der Waals surface area contributed by atoms with Gasteiger partial charge in [0.05, 0.1) is 12.2 Å². The van der Waals surface area contributed by atoms with E-state index in [0.717, 1.165) is 25.0 Å². The largest absolute Gasteiger partial charge is 0.494 e. The number of rotatable bonds is 13. The van der Waals surface area contributed by atoms with Crippen molar-refractivity contribution in [2.45, 2.75) is 64.5 Å². The number of carbonyl (C=O) groups is 1. The minimum atomic E-state index is -4.45. The van der Waals surface area contributed by atoms with Gasteiger partial charge in [0.15, 0.2) is 6.29 Å². The molecule has 5 heteroatoms. The molecule has 0 atom stereocenters. The summed E-state index contributed by atoms with van der Waals surface area (Å²) in [5.41, 5.74) is 0.342. The Morgan fingerprint density at radius 1 is 0.903 bits per heavy atom. The lowest BCUT2D eigenvalue weighted by atomic mass is 10.0. The van der Waals surface area contributed by atoms with Gasteiger partial charge < -0.3 is 4.74 Å². The van der Waals surface area contributed by atoms with Gasteiger partial charge in [0.25, 0.3) is 0 Å². The van der Waals surface area contributed by atoms with Gasteiger partial charge in [-0.25, -0.2) is 0 Å². The molecule has 2 rings (SSSR count). The van der Waals surface area contributed by atoms with Gasteiger partial charge in [0.1, 0.15) is 5.75 Å². The van der Waals surface area contributed by atoms with Gasteiger partial charge in [-0.1, -0.05) is 76.1 Å². The van der Waals surface area contributed by atoms with Crippen LogP contribution in [0, 0.1) is 0 Å². The minimum Gasteiger partial charge on any atom is -0.494 e. The molecule has 0 aromatic heterocycles. The Kier molecular flexibility index (Phi) is 10.3. The third-order valence-corrected chi connectivity index (χ3v) is 5.10. The highest BCUT2D eigenvalue weighted by Gasteiger charge is 2.30. The van der Waals surface area contributed by atoms with E-state index in [1.807, 2.05) is 12.1 Å². The van der Waals surface area contributed by atoms with Gasteiger partial charge in [-0.3, -0.25) is 4.79 Å². The third-order valence-electron chi connectivity index (χ3n) is 5.10. The molecule has 0 spiro atoms. The maximum Gasteiger partial charge on any atom is 0.416 e. The van der Waals surface area contributed by atoms with Crippen LogP contribution in [0.1, 0.15) is 75.0 Å². The first-order valence-electron chi connectivity index (χ1n) is 11.0. The number of ether oxygens (including phenoxy) is 1. The quantitative estimate of drug-likeness (QED) is 0.139. The number of allylic oxidation sites excluding steroid dienone is 1. The SMILES string of the molecule is CCCCCCCCCCOc1cccc(C=C(C=O)c2cccc(C(F)(F)F)c2)c1. The Labute approximate surface area is 183 Å². The Hall–Kier alpha value is -2.56. The van der Waals surface area contributed by atoms with Crippen molar-refractivity contribution in [1.82, 2.24) is 0 Å². The van der Waals surface area contributed by atoms with Crippen LogP contribution in [0.3, 0.4) is 0 Å². The van der Waals surface area contributed by atoms with Crippen LogP contribution in [-0.4, -0.2) is 12.9 Å². The molecular formula is C26H31F3O2. The first-order valence-corrected chi connectivity index (χ1v) is 11.0. The van der Waals surface area contributed by atoms with Crippen LogP contribution in [0.2, 0.25) is 0 Å². The number of benzene rings is 2. The molecule has 0 saturated heterocycles. The van der Waals surface area contributed by atoms with Crippen molar-refractivity contribution in [3.05, 3.63) is 65.2 Å². The molecule has 0 amide bonds. The van der Waals surface area contributed by atoms with Gasteiger partial charge in [-0.05, 0) is 47.9 Å². The van der Waals surface area contributed by atoms with E-state index in [0.29, 0.717) is 24.2 Å². The first-order chi connectivity index (χ1) is 14.9. The maximum atomic E-state index is 13.0. The summed E-state index contributed by atoms with van der Waals surface area (Å²) in [4.78, 5) is 11.5. The van der Waals surface area contributed by atoms with Gasteiger partial charge in [-0.15, -0.1) is 0 Å². The second-order valence-corrected chi connectivity index (χ2v) is 7.69. The van der Waals surface area contributed by atoms with Crippen LogP contribution in [0.5, 0.6) is 5.75 Å². The molecule has 0 aliphatic heterocycles. The van der Waals surface area contributed by atoms with Gasteiger partial charge in [0.2, 0.25) is 0 Å². The van der Waals surface area contributed by atoms with Crippen LogP contribution in [0.25, 0.3) is 11.6 Å². The second-order valence-electron chi connectivity index (χ2n) is 7.69. The summed E-state index contributed by atoms with van der Waals surface area (Å²) < 4.78 is 44.7. The number of carbonyl (C=O) groups excluding carboxylic acids is 1. The molecule has 0 aliphatic rings. The van der Waals surface area contributed by atoms with E-state index in [1.54, 1.807) is 18.2 Å². The number of alkyl halides is 3. The molecule has 2 aromatic carbocycles. The maximum absolute atomic E-state index is 13.0. The lowest BCUT2D eigenvalue weighted by molar-refractivity contribution is -0.137. The summed E-state index contributed by atoms with van der Waals surface area (Å²) in [6.07, 6.45) is 7.49. The molecule has 0 saturated carbocycles. The molecule has 0 aliphatic carbocycles. The van der Waals surface area contributed by atoms with Crippen molar-refractivity contribution >= 4 is 17.9 Å². The van der Waals surface area contributed by atoms with Crippen molar-refractivity contribution in [1.29, 1.82) is 0 Å². The Bertz CT molecular complexity index is 841. The molecule has 2 nitrogen and oxygen atoms in total. The zero-order valence-corrected chi connectivity index (χ0v) is 18.1. The molecular weight excluding hydrogens is 401 g/mol. The van der Waals surface area contributed by atoms with Crippen molar-refractivity contribution < 1.29 is 22.7 Å². The van der Waals surface area contributed by atoms with E-state index in [9.17, 15) is 18.0 Å². The number of halogens is 3. The average Bonchev–Trinajstić information content (AvgIpc) is 2.76. The fourth-order valence-electron chi connectivity index (χ4n) is 3.36. The van der Waals surface area contributed by atoms with Gasteiger partial charge >= 0.3 is 6.18 Å². The highest BCUT2D eigenvalue weighted by atomic mass is 19.4. The topological polar surface area (TPSA) is 26.3 Å².